The molecule has 4 N–H and O–H groups in total. The normalized spacial score (nSPS) is 23.5. The van der Waals surface area contributed by atoms with Crippen LogP contribution in [0.15, 0.2) is 18.2 Å². The Kier molecular flexibility index (Phi) is 2.04. The molecule has 2 rings (SSSR count). The highest BCUT2D eigenvalue weighted by molar-refractivity contribution is 5.56. The van der Waals surface area contributed by atoms with Gasteiger partial charge in [0.1, 0.15) is 0 Å². The van der Waals surface area contributed by atoms with Gasteiger partial charge in [-0.15, -0.1) is 0 Å². The molecule has 0 radical (unpaired) electrons. The Labute approximate surface area is 85.3 Å². The van der Waals surface area contributed by atoms with Crippen molar-refractivity contribution in [3.8, 4) is 0 Å². The predicted octanol–water partition coefficient (Wildman–Crippen LogP) is 1.68. The van der Waals surface area contributed by atoms with E-state index in [0.29, 0.717) is 5.92 Å². The average molecular weight is 190 g/mol. The molecule has 0 saturated carbocycles. The van der Waals surface area contributed by atoms with Gasteiger partial charge < -0.3 is 11.5 Å². The summed E-state index contributed by atoms with van der Waals surface area (Å²) in [5.41, 5.74) is 15.6. The zero-order valence-corrected chi connectivity index (χ0v) is 8.88. The minimum absolute atomic E-state index is 0.180. The van der Waals surface area contributed by atoms with Gasteiger partial charge in [0.05, 0.1) is 0 Å². The largest absolute Gasteiger partial charge is 0.398 e. The number of anilines is 1. The molecule has 76 valence electrons. The summed E-state index contributed by atoms with van der Waals surface area (Å²) < 4.78 is 0. The number of rotatable bonds is 1. The van der Waals surface area contributed by atoms with Gasteiger partial charge in [0.25, 0.3) is 0 Å². The average Bonchev–Trinajstić information content (AvgIpc) is 2.40. The first kappa shape index (κ1) is 9.53. The molecule has 0 spiro atoms. The second kappa shape index (κ2) is 2.99. The molecule has 1 aromatic rings. The molecule has 14 heavy (non-hydrogen) atoms. The van der Waals surface area contributed by atoms with Gasteiger partial charge in [0.15, 0.2) is 0 Å². The Morgan fingerprint density at radius 2 is 2.14 bits per heavy atom. The van der Waals surface area contributed by atoms with Gasteiger partial charge in [0.2, 0.25) is 0 Å². The number of fused-ring (bicyclic) bond motifs is 1. The maximum absolute atomic E-state index is 5.97. The van der Waals surface area contributed by atoms with Crippen LogP contribution in [0.4, 0.5) is 5.69 Å². The third-order valence-corrected chi connectivity index (χ3v) is 3.66. The molecular weight excluding hydrogens is 172 g/mol. The van der Waals surface area contributed by atoms with Crippen LogP contribution in [0.3, 0.4) is 0 Å². The van der Waals surface area contributed by atoms with E-state index in [1.165, 1.54) is 11.1 Å². The van der Waals surface area contributed by atoms with Crippen molar-refractivity contribution in [1.29, 1.82) is 0 Å². The van der Waals surface area contributed by atoms with Crippen molar-refractivity contribution in [2.75, 3.05) is 12.3 Å². The lowest BCUT2D eigenvalue weighted by Gasteiger charge is -2.27. The third kappa shape index (κ3) is 1.14. The summed E-state index contributed by atoms with van der Waals surface area (Å²) in [7, 11) is 0. The van der Waals surface area contributed by atoms with Crippen molar-refractivity contribution in [2.45, 2.75) is 25.7 Å². The van der Waals surface area contributed by atoms with E-state index in [1.807, 2.05) is 12.1 Å². The monoisotopic (exact) mass is 190 g/mol. The Morgan fingerprint density at radius 3 is 2.71 bits per heavy atom. The fraction of sp³-hybridized carbons (Fsp3) is 0.500. The zero-order valence-electron chi connectivity index (χ0n) is 8.88. The van der Waals surface area contributed by atoms with Crippen LogP contribution >= 0.6 is 0 Å². The van der Waals surface area contributed by atoms with Gasteiger partial charge in [-0.05, 0) is 41.5 Å². The summed E-state index contributed by atoms with van der Waals surface area (Å²) in [5, 5.41) is 0. The van der Waals surface area contributed by atoms with Crippen LogP contribution in [0.1, 0.15) is 25.0 Å². The van der Waals surface area contributed by atoms with E-state index < -0.39 is 0 Å². The highest BCUT2D eigenvalue weighted by atomic mass is 14.6. The minimum atomic E-state index is 0.180. The Morgan fingerprint density at radius 1 is 1.43 bits per heavy atom. The molecule has 1 aliphatic rings. The van der Waals surface area contributed by atoms with Crippen molar-refractivity contribution < 1.29 is 0 Å². The molecule has 0 saturated heterocycles. The quantitative estimate of drug-likeness (QED) is 0.662. The van der Waals surface area contributed by atoms with E-state index in [0.717, 1.165) is 18.7 Å². The lowest BCUT2D eigenvalue weighted by Crippen LogP contribution is -2.30. The van der Waals surface area contributed by atoms with E-state index in [1.54, 1.807) is 0 Å². The van der Waals surface area contributed by atoms with Gasteiger partial charge in [0, 0.05) is 5.69 Å². The van der Waals surface area contributed by atoms with Gasteiger partial charge in [-0.3, -0.25) is 0 Å². The van der Waals surface area contributed by atoms with Crippen molar-refractivity contribution in [2.24, 2.45) is 11.7 Å². The summed E-state index contributed by atoms with van der Waals surface area (Å²) in [6.45, 7) is 5.26. The molecule has 0 aliphatic heterocycles. The summed E-state index contributed by atoms with van der Waals surface area (Å²) in [4.78, 5) is 0. The van der Waals surface area contributed by atoms with Crippen molar-refractivity contribution >= 4 is 5.69 Å². The SMILES string of the molecule is CC1(C)c2cccc(N)c2CC1CN. The second-order valence-electron chi connectivity index (χ2n) is 4.73. The third-order valence-electron chi connectivity index (χ3n) is 3.66. The molecule has 1 aliphatic carbocycles. The van der Waals surface area contributed by atoms with Gasteiger partial charge >= 0.3 is 0 Å². The van der Waals surface area contributed by atoms with E-state index in [2.05, 4.69) is 19.9 Å². The summed E-state index contributed by atoms with van der Waals surface area (Å²) in [6, 6.07) is 6.20. The number of hydrogen-bond donors (Lipinski definition) is 2. The molecule has 0 bridgehead atoms. The predicted molar refractivity (Wildman–Crippen MR) is 60.1 cm³/mol. The Bertz CT molecular complexity index is 355. The molecule has 0 amide bonds. The standard InChI is InChI=1S/C12H18N2/c1-12(2)8(7-13)6-9-10(12)4-3-5-11(9)14/h3-5,8H,6-7,13-14H2,1-2H3. The van der Waals surface area contributed by atoms with Crippen LogP contribution in [-0.2, 0) is 11.8 Å². The van der Waals surface area contributed by atoms with Crippen LogP contribution in [0.5, 0.6) is 0 Å². The van der Waals surface area contributed by atoms with Crippen LogP contribution < -0.4 is 11.5 Å². The van der Waals surface area contributed by atoms with Crippen LogP contribution in [-0.4, -0.2) is 6.54 Å². The van der Waals surface area contributed by atoms with Gasteiger partial charge in [-0.25, -0.2) is 0 Å². The zero-order chi connectivity index (χ0) is 10.3. The number of benzene rings is 1. The number of nitrogen functional groups attached to an aromatic ring is 1. The molecule has 2 heteroatoms. The molecular formula is C12H18N2. The van der Waals surface area contributed by atoms with Crippen LogP contribution in [0, 0.1) is 5.92 Å². The molecule has 1 atom stereocenters. The fourth-order valence-electron chi connectivity index (χ4n) is 2.54. The lowest BCUT2D eigenvalue weighted by atomic mass is 9.78. The van der Waals surface area contributed by atoms with Crippen molar-refractivity contribution in [1.82, 2.24) is 0 Å². The first-order valence-corrected chi connectivity index (χ1v) is 5.15. The van der Waals surface area contributed by atoms with Gasteiger partial charge in [-0.2, -0.15) is 0 Å². The number of nitrogens with two attached hydrogens (primary N) is 2. The van der Waals surface area contributed by atoms with E-state index >= 15 is 0 Å². The first-order valence-electron chi connectivity index (χ1n) is 5.15. The van der Waals surface area contributed by atoms with E-state index in [9.17, 15) is 0 Å². The summed E-state index contributed by atoms with van der Waals surface area (Å²) in [5.74, 6) is 0.530. The van der Waals surface area contributed by atoms with Crippen molar-refractivity contribution in [3.05, 3.63) is 29.3 Å². The summed E-state index contributed by atoms with van der Waals surface area (Å²) >= 11 is 0. The Balaban J connectivity index is 2.54. The molecule has 0 aromatic heterocycles. The number of hydrogen-bond acceptors (Lipinski definition) is 2. The second-order valence-corrected chi connectivity index (χ2v) is 4.73. The fourth-order valence-corrected chi connectivity index (χ4v) is 2.54. The topological polar surface area (TPSA) is 52.0 Å². The van der Waals surface area contributed by atoms with Crippen molar-refractivity contribution in [3.63, 3.8) is 0 Å². The highest BCUT2D eigenvalue weighted by Gasteiger charge is 2.38. The van der Waals surface area contributed by atoms with E-state index in [4.69, 9.17) is 11.5 Å². The molecule has 1 aromatic carbocycles. The highest BCUT2D eigenvalue weighted by Crippen LogP contribution is 2.44. The molecule has 0 fully saturated rings. The molecule has 1 unspecified atom stereocenters. The van der Waals surface area contributed by atoms with E-state index in [-0.39, 0.29) is 5.41 Å². The first-order chi connectivity index (χ1) is 6.57. The van der Waals surface area contributed by atoms with Crippen LogP contribution in [0.25, 0.3) is 0 Å². The lowest BCUT2D eigenvalue weighted by molar-refractivity contribution is 0.358. The smallest absolute Gasteiger partial charge is 0.0349 e. The molecule has 0 heterocycles. The molecule has 2 nitrogen and oxygen atoms in total. The maximum atomic E-state index is 5.97. The minimum Gasteiger partial charge on any atom is -0.398 e. The Hall–Kier alpha value is -1.02. The maximum Gasteiger partial charge on any atom is 0.0349 e. The summed E-state index contributed by atoms with van der Waals surface area (Å²) in [6.07, 6.45) is 1.03. The van der Waals surface area contributed by atoms with Crippen LogP contribution in [0.2, 0.25) is 0 Å². The van der Waals surface area contributed by atoms with Gasteiger partial charge in [-0.1, -0.05) is 26.0 Å².